The van der Waals surface area contributed by atoms with Gasteiger partial charge in [0, 0.05) is 12.2 Å². The number of amides is 1. The van der Waals surface area contributed by atoms with Crippen LogP contribution in [0.2, 0.25) is 0 Å². The first-order chi connectivity index (χ1) is 12.0. The van der Waals surface area contributed by atoms with Crippen LogP contribution in [0, 0.1) is 6.92 Å². The van der Waals surface area contributed by atoms with E-state index in [0.29, 0.717) is 11.3 Å². The van der Waals surface area contributed by atoms with E-state index in [9.17, 15) is 15.0 Å². The quantitative estimate of drug-likeness (QED) is 0.577. The monoisotopic (exact) mass is 344 g/mol. The van der Waals surface area contributed by atoms with Crippen molar-refractivity contribution in [2.75, 3.05) is 12.3 Å². The number of aliphatic hydroxyl groups excluding tert-OH is 2. The zero-order chi connectivity index (χ0) is 18.2. The Morgan fingerprint density at radius 1 is 1.20 bits per heavy atom. The third-order valence-corrected chi connectivity index (χ3v) is 3.92. The van der Waals surface area contributed by atoms with Gasteiger partial charge >= 0.3 is 6.09 Å². The van der Waals surface area contributed by atoms with E-state index in [4.69, 9.17) is 10.5 Å². The Morgan fingerprint density at radius 3 is 2.60 bits per heavy atom. The first-order valence-electron chi connectivity index (χ1n) is 8.14. The van der Waals surface area contributed by atoms with Crippen molar-refractivity contribution in [3.05, 3.63) is 65.2 Å². The molecule has 2 atom stereocenters. The number of rotatable bonds is 7. The fraction of sp³-hybridized carbons (Fsp3) is 0.316. The molecule has 6 nitrogen and oxygen atoms in total. The molecule has 0 saturated carbocycles. The van der Waals surface area contributed by atoms with Crippen LogP contribution in [0.4, 0.5) is 10.5 Å². The number of nitrogen functional groups attached to an aromatic ring is 1. The molecule has 5 N–H and O–H groups in total. The maximum atomic E-state index is 11.6. The van der Waals surface area contributed by atoms with Crippen LogP contribution >= 0.6 is 0 Å². The molecule has 2 unspecified atom stereocenters. The molecule has 2 aromatic rings. The Hall–Kier alpha value is -2.57. The normalized spacial score (nSPS) is 13.1. The highest BCUT2D eigenvalue weighted by Crippen LogP contribution is 2.22. The highest BCUT2D eigenvalue weighted by atomic mass is 16.5. The topological polar surface area (TPSA) is 105 Å². The predicted octanol–water partition coefficient (Wildman–Crippen LogP) is 2.29. The molecule has 0 heterocycles. The molecule has 0 bridgehead atoms. The van der Waals surface area contributed by atoms with Crippen LogP contribution < -0.4 is 11.1 Å². The number of benzene rings is 2. The SMILES string of the molecule is Cc1cc(C(O)C(O)CCNC(=O)OCc2ccccc2)ccc1N. The maximum absolute atomic E-state index is 11.6. The van der Waals surface area contributed by atoms with Crippen LogP contribution in [0.25, 0.3) is 0 Å². The van der Waals surface area contributed by atoms with E-state index in [-0.39, 0.29) is 19.6 Å². The summed E-state index contributed by atoms with van der Waals surface area (Å²) in [6.07, 6.45) is -2.40. The number of hydrogen-bond acceptors (Lipinski definition) is 5. The second kappa shape index (κ2) is 9.05. The summed E-state index contributed by atoms with van der Waals surface area (Å²) < 4.78 is 5.08. The molecular formula is C19H24N2O4. The van der Waals surface area contributed by atoms with E-state index >= 15 is 0 Å². The van der Waals surface area contributed by atoms with Crippen molar-refractivity contribution in [2.24, 2.45) is 0 Å². The van der Waals surface area contributed by atoms with Gasteiger partial charge in [-0.2, -0.15) is 0 Å². The van der Waals surface area contributed by atoms with Crippen molar-refractivity contribution in [3.63, 3.8) is 0 Å². The van der Waals surface area contributed by atoms with Gasteiger partial charge < -0.3 is 26.0 Å². The van der Waals surface area contributed by atoms with Crippen LogP contribution in [-0.2, 0) is 11.3 Å². The Labute approximate surface area is 147 Å². The Morgan fingerprint density at radius 2 is 1.92 bits per heavy atom. The summed E-state index contributed by atoms with van der Waals surface area (Å²) in [6, 6.07) is 14.5. The minimum atomic E-state index is -1.04. The van der Waals surface area contributed by atoms with Crippen LogP contribution in [0.1, 0.15) is 29.2 Å². The average molecular weight is 344 g/mol. The van der Waals surface area contributed by atoms with Gasteiger partial charge in [0.2, 0.25) is 0 Å². The van der Waals surface area contributed by atoms with E-state index in [1.54, 1.807) is 18.2 Å². The third-order valence-electron chi connectivity index (χ3n) is 3.92. The zero-order valence-corrected chi connectivity index (χ0v) is 14.2. The molecule has 6 heteroatoms. The smallest absolute Gasteiger partial charge is 0.407 e. The Balaban J connectivity index is 1.72. The number of aryl methyl sites for hydroxylation is 1. The third kappa shape index (κ3) is 5.77. The molecule has 0 spiro atoms. The minimum Gasteiger partial charge on any atom is -0.445 e. The maximum Gasteiger partial charge on any atom is 0.407 e. The molecule has 2 aromatic carbocycles. The second-order valence-corrected chi connectivity index (χ2v) is 5.91. The number of carbonyl (C=O) groups is 1. The van der Waals surface area contributed by atoms with Gasteiger partial charge in [0.15, 0.2) is 0 Å². The first kappa shape index (κ1) is 18.8. The summed E-state index contributed by atoms with van der Waals surface area (Å²) in [5, 5.41) is 22.8. The number of nitrogens with one attached hydrogen (secondary N) is 1. The van der Waals surface area contributed by atoms with Gasteiger partial charge in [-0.25, -0.2) is 4.79 Å². The summed E-state index contributed by atoms with van der Waals surface area (Å²) in [6.45, 7) is 2.21. The van der Waals surface area contributed by atoms with Crippen molar-refractivity contribution in [1.29, 1.82) is 0 Å². The number of hydrogen-bond donors (Lipinski definition) is 4. The molecule has 0 aliphatic carbocycles. The van der Waals surface area contributed by atoms with Gasteiger partial charge in [-0.3, -0.25) is 0 Å². The summed E-state index contributed by atoms with van der Waals surface area (Å²) in [5.74, 6) is 0. The number of alkyl carbamates (subject to hydrolysis) is 1. The number of aliphatic hydroxyl groups is 2. The van der Waals surface area contributed by atoms with Crippen LogP contribution in [0.15, 0.2) is 48.5 Å². The predicted molar refractivity (Wildman–Crippen MR) is 95.8 cm³/mol. The van der Waals surface area contributed by atoms with E-state index in [1.807, 2.05) is 37.3 Å². The molecule has 0 fully saturated rings. The van der Waals surface area contributed by atoms with Gasteiger partial charge in [0.25, 0.3) is 0 Å². The van der Waals surface area contributed by atoms with Crippen molar-refractivity contribution < 1.29 is 19.7 Å². The fourth-order valence-electron chi connectivity index (χ4n) is 2.36. The summed E-state index contributed by atoms with van der Waals surface area (Å²) in [5.41, 5.74) is 8.70. The van der Waals surface area contributed by atoms with Gasteiger partial charge in [-0.15, -0.1) is 0 Å². The van der Waals surface area contributed by atoms with E-state index in [1.165, 1.54) is 0 Å². The number of ether oxygens (including phenoxy) is 1. The lowest BCUT2D eigenvalue weighted by molar-refractivity contribution is 0.0136. The lowest BCUT2D eigenvalue weighted by atomic mass is 10.00. The van der Waals surface area contributed by atoms with Crippen molar-refractivity contribution in [1.82, 2.24) is 5.32 Å². The molecule has 1 amide bonds. The van der Waals surface area contributed by atoms with Crippen LogP contribution in [0.5, 0.6) is 0 Å². The van der Waals surface area contributed by atoms with Gasteiger partial charge in [0.1, 0.15) is 12.7 Å². The van der Waals surface area contributed by atoms with Crippen molar-refractivity contribution >= 4 is 11.8 Å². The molecule has 0 aromatic heterocycles. The van der Waals surface area contributed by atoms with Gasteiger partial charge in [-0.05, 0) is 36.1 Å². The molecular weight excluding hydrogens is 320 g/mol. The molecule has 25 heavy (non-hydrogen) atoms. The highest BCUT2D eigenvalue weighted by Gasteiger charge is 2.19. The van der Waals surface area contributed by atoms with Crippen molar-refractivity contribution in [3.8, 4) is 0 Å². The van der Waals surface area contributed by atoms with E-state index in [0.717, 1.165) is 11.1 Å². The van der Waals surface area contributed by atoms with Crippen LogP contribution in [0.3, 0.4) is 0 Å². The standard InChI is InChI=1S/C19H24N2O4/c1-13-11-15(7-8-16(13)20)18(23)17(22)9-10-21-19(24)25-12-14-5-3-2-4-6-14/h2-8,11,17-18,22-23H,9-10,12,20H2,1H3,(H,21,24). The summed E-state index contributed by atoms with van der Waals surface area (Å²) in [4.78, 5) is 11.6. The van der Waals surface area contributed by atoms with Crippen LogP contribution in [-0.4, -0.2) is 29.0 Å². The molecule has 0 radical (unpaired) electrons. The largest absolute Gasteiger partial charge is 0.445 e. The van der Waals surface area contributed by atoms with Gasteiger partial charge in [-0.1, -0.05) is 42.5 Å². The average Bonchev–Trinajstić information content (AvgIpc) is 2.62. The summed E-state index contributed by atoms with van der Waals surface area (Å²) in [7, 11) is 0. The Bertz CT molecular complexity index is 691. The van der Waals surface area contributed by atoms with E-state index < -0.39 is 18.3 Å². The number of carbonyl (C=O) groups excluding carboxylic acids is 1. The van der Waals surface area contributed by atoms with Gasteiger partial charge in [0.05, 0.1) is 6.10 Å². The Kier molecular flexibility index (Phi) is 6.80. The number of nitrogens with two attached hydrogens (primary N) is 1. The fourth-order valence-corrected chi connectivity index (χ4v) is 2.36. The molecule has 0 saturated heterocycles. The molecule has 2 rings (SSSR count). The molecule has 0 aliphatic rings. The highest BCUT2D eigenvalue weighted by molar-refractivity contribution is 5.67. The molecule has 0 aliphatic heterocycles. The van der Waals surface area contributed by atoms with E-state index in [2.05, 4.69) is 5.32 Å². The first-order valence-corrected chi connectivity index (χ1v) is 8.14. The lowest BCUT2D eigenvalue weighted by Crippen LogP contribution is -2.29. The second-order valence-electron chi connectivity index (χ2n) is 5.91. The molecule has 134 valence electrons. The van der Waals surface area contributed by atoms with Crippen molar-refractivity contribution in [2.45, 2.75) is 32.2 Å². The lowest BCUT2D eigenvalue weighted by Gasteiger charge is -2.19. The minimum absolute atomic E-state index is 0.183. The number of anilines is 1. The zero-order valence-electron chi connectivity index (χ0n) is 14.2. The summed E-state index contributed by atoms with van der Waals surface area (Å²) >= 11 is 0.